The highest BCUT2D eigenvalue weighted by Crippen LogP contribution is 2.38. The average Bonchev–Trinajstić information content (AvgIpc) is 3.50. The number of carbonyl (C=O) groups excluding carboxylic acids is 2. The third-order valence-corrected chi connectivity index (χ3v) is 7.16. The molecule has 7 nitrogen and oxygen atoms in total. The van der Waals surface area contributed by atoms with E-state index in [9.17, 15) is 14.0 Å². The van der Waals surface area contributed by atoms with E-state index in [2.05, 4.69) is 10.3 Å². The van der Waals surface area contributed by atoms with Crippen molar-refractivity contribution in [2.24, 2.45) is 10.1 Å². The lowest BCUT2D eigenvalue weighted by atomic mass is 9.99. The number of nitrogens with zero attached hydrogens (tertiary/aromatic N) is 3. The Morgan fingerprint density at radius 3 is 2.51 bits per heavy atom. The van der Waals surface area contributed by atoms with Gasteiger partial charge in [-0.3, -0.25) is 9.59 Å². The van der Waals surface area contributed by atoms with E-state index in [1.54, 1.807) is 41.4 Å². The molecule has 2 aliphatic heterocycles. The number of ether oxygens (including phenoxy) is 1. The molecule has 2 unspecified atom stereocenters. The molecule has 0 radical (unpaired) electrons. The first kappa shape index (κ1) is 24.7. The fourth-order valence-electron chi connectivity index (χ4n) is 4.22. The van der Waals surface area contributed by atoms with E-state index in [-0.39, 0.29) is 30.1 Å². The van der Waals surface area contributed by atoms with Crippen molar-refractivity contribution in [2.45, 2.75) is 31.1 Å². The second-order valence-corrected chi connectivity index (χ2v) is 9.75. The van der Waals surface area contributed by atoms with E-state index in [4.69, 9.17) is 9.84 Å². The molecular weight excluding hydrogens is 491 g/mol. The molecule has 0 aromatic heterocycles. The van der Waals surface area contributed by atoms with E-state index >= 15 is 0 Å². The second-order valence-electron chi connectivity index (χ2n) is 8.58. The van der Waals surface area contributed by atoms with Gasteiger partial charge < -0.3 is 10.1 Å². The Kier molecular flexibility index (Phi) is 7.32. The maximum absolute atomic E-state index is 13.6. The predicted octanol–water partition coefficient (Wildman–Crippen LogP) is 5.40. The van der Waals surface area contributed by atoms with Crippen LogP contribution >= 0.6 is 11.8 Å². The highest BCUT2D eigenvalue weighted by Gasteiger charge is 2.39. The Bertz CT molecular complexity index is 1340. The molecular formula is C28H25FN4O3S. The molecule has 2 atom stereocenters. The molecule has 1 N–H and O–H groups in total. The summed E-state index contributed by atoms with van der Waals surface area (Å²) in [5.41, 5.74) is 3.31. The van der Waals surface area contributed by atoms with Gasteiger partial charge in [-0.2, -0.15) is 10.1 Å². The number of nitrogens with one attached hydrogen (secondary N) is 1. The lowest BCUT2D eigenvalue weighted by molar-refractivity contribution is -0.121. The lowest BCUT2D eigenvalue weighted by Gasteiger charge is -2.23. The van der Waals surface area contributed by atoms with Crippen LogP contribution in [0.4, 0.5) is 10.1 Å². The molecule has 0 aliphatic carbocycles. The van der Waals surface area contributed by atoms with Gasteiger partial charge in [0.05, 0.1) is 18.4 Å². The third kappa shape index (κ3) is 5.72. The Hall–Kier alpha value is -3.98. The van der Waals surface area contributed by atoms with Crippen molar-refractivity contribution in [3.63, 3.8) is 0 Å². The molecule has 5 rings (SSSR count). The van der Waals surface area contributed by atoms with Crippen molar-refractivity contribution < 1.29 is 18.7 Å². The first-order valence-corrected chi connectivity index (χ1v) is 12.9. The smallest absolute Gasteiger partial charge is 0.262 e. The minimum absolute atomic E-state index is 0.0198. The Morgan fingerprint density at radius 1 is 1.08 bits per heavy atom. The molecule has 9 heteroatoms. The molecule has 37 heavy (non-hydrogen) atoms. The zero-order valence-corrected chi connectivity index (χ0v) is 21.0. The van der Waals surface area contributed by atoms with Crippen LogP contribution in [0.15, 0.2) is 89.0 Å². The summed E-state index contributed by atoms with van der Waals surface area (Å²) in [6.07, 6.45) is 0.556. The van der Waals surface area contributed by atoms with Crippen LogP contribution in [-0.2, 0) is 9.59 Å². The largest absolute Gasteiger partial charge is 0.494 e. The van der Waals surface area contributed by atoms with Crippen LogP contribution in [0.3, 0.4) is 0 Å². The zero-order chi connectivity index (χ0) is 25.8. The first-order valence-electron chi connectivity index (χ1n) is 12.0. The number of thioether (sulfide) groups is 1. The molecule has 3 aromatic carbocycles. The van der Waals surface area contributed by atoms with Gasteiger partial charge in [0.15, 0.2) is 5.17 Å². The minimum Gasteiger partial charge on any atom is -0.494 e. The molecule has 2 aliphatic rings. The van der Waals surface area contributed by atoms with Crippen molar-refractivity contribution >= 4 is 40.1 Å². The highest BCUT2D eigenvalue weighted by atomic mass is 32.2. The highest BCUT2D eigenvalue weighted by molar-refractivity contribution is 8.15. The number of amidine groups is 1. The van der Waals surface area contributed by atoms with Crippen LogP contribution in [0, 0.1) is 5.82 Å². The topological polar surface area (TPSA) is 83.4 Å². The van der Waals surface area contributed by atoms with Gasteiger partial charge in [0, 0.05) is 18.5 Å². The van der Waals surface area contributed by atoms with Crippen molar-refractivity contribution in [1.29, 1.82) is 0 Å². The summed E-state index contributed by atoms with van der Waals surface area (Å²) in [6, 6.07) is 22.9. The number of aliphatic imine (C=N–C) groups is 1. The van der Waals surface area contributed by atoms with Crippen LogP contribution in [0.1, 0.15) is 36.9 Å². The monoisotopic (exact) mass is 516 g/mol. The summed E-state index contributed by atoms with van der Waals surface area (Å²) < 4.78 is 19.0. The molecule has 0 saturated carbocycles. The summed E-state index contributed by atoms with van der Waals surface area (Å²) in [4.78, 5) is 29.7. The van der Waals surface area contributed by atoms with Crippen molar-refractivity contribution in [2.75, 3.05) is 11.9 Å². The van der Waals surface area contributed by atoms with Gasteiger partial charge in [-0.25, -0.2) is 9.40 Å². The number of carbonyl (C=O) groups is 2. The SMILES string of the molecule is CCOc1ccc(NC(=O)CC2SC(N3N=C(c4ccccc4)CC3c3ccc(F)cc3)=NC2=O)cc1. The quantitative estimate of drug-likeness (QED) is 0.455. The second kappa shape index (κ2) is 11.0. The van der Waals surface area contributed by atoms with E-state index < -0.39 is 5.25 Å². The summed E-state index contributed by atoms with van der Waals surface area (Å²) >= 11 is 1.23. The van der Waals surface area contributed by atoms with E-state index in [0.29, 0.717) is 23.9 Å². The fraction of sp³-hybridized carbons (Fsp3) is 0.214. The minimum atomic E-state index is -0.650. The number of hydrogen-bond acceptors (Lipinski definition) is 6. The van der Waals surface area contributed by atoms with Crippen LogP contribution in [0.5, 0.6) is 5.75 Å². The number of anilines is 1. The molecule has 3 aromatic rings. The third-order valence-electron chi connectivity index (χ3n) is 6.02. The Labute approximate surface area is 218 Å². The average molecular weight is 517 g/mol. The van der Waals surface area contributed by atoms with Gasteiger partial charge >= 0.3 is 0 Å². The van der Waals surface area contributed by atoms with Gasteiger partial charge in [0.1, 0.15) is 16.8 Å². The number of hydrogen-bond donors (Lipinski definition) is 1. The lowest BCUT2D eigenvalue weighted by Crippen LogP contribution is -2.25. The molecule has 188 valence electrons. The van der Waals surface area contributed by atoms with Gasteiger partial charge in [-0.1, -0.05) is 54.2 Å². The number of amides is 2. The van der Waals surface area contributed by atoms with Crippen LogP contribution in [0.2, 0.25) is 0 Å². The Balaban J connectivity index is 1.30. The predicted molar refractivity (Wildman–Crippen MR) is 143 cm³/mol. The maximum atomic E-state index is 13.6. The van der Waals surface area contributed by atoms with Crippen LogP contribution < -0.4 is 10.1 Å². The van der Waals surface area contributed by atoms with E-state index in [1.165, 1.54) is 23.9 Å². The van der Waals surface area contributed by atoms with Gasteiger partial charge in [0.25, 0.3) is 5.91 Å². The van der Waals surface area contributed by atoms with Crippen molar-refractivity contribution in [1.82, 2.24) is 5.01 Å². The van der Waals surface area contributed by atoms with Gasteiger partial charge in [-0.15, -0.1) is 0 Å². The molecule has 0 saturated heterocycles. The summed E-state index contributed by atoms with van der Waals surface area (Å²) in [5, 5.41) is 9.13. The number of halogens is 1. The van der Waals surface area contributed by atoms with Crippen LogP contribution in [-0.4, -0.2) is 39.6 Å². The zero-order valence-electron chi connectivity index (χ0n) is 20.1. The first-order chi connectivity index (χ1) is 18.0. The van der Waals surface area contributed by atoms with Crippen molar-refractivity contribution in [3.8, 4) is 5.75 Å². The van der Waals surface area contributed by atoms with Gasteiger partial charge in [0.2, 0.25) is 5.91 Å². The number of benzene rings is 3. The molecule has 0 fully saturated rings. The van der Waals surface area contributed by atoms with E-state index in [1.807, 2.05) is 37.3 Å². The van der Waals surface area contributed by atoms with Crippen molar-refractivity contribution in [3.05, 3.63) is 95.8 Å². The molecule has 0 spiro atoms. The normalized spacial score (nSPS) is 19.0. The van der Waals surface area contributed by atoms with Gasteiger partial charge in [-0.05, 0) is 54.4 Å². The molecule has 0 bridgehead atoms. The summed E-state index contributed by atoms with van der Waals surface area (Å²) in [6.45, 7) is 2.46. The standard InChI is InChI=1S/C28H25FN4O3S/c1-2-36-22-14-12-21(13-15-22)30-26(34)17-25-27(35)31-28(37-25)33-24(19-8-10-20(29)11-9-19)16-23(32-33)18-6-4-3-5-7-18/h3-15,24-25H,2,16-17H2,1H3,(H,30,34). The fourth-order valence-corrected chi connectivity index (χ4v) is 5.28. The number of hydrazone groups is 1. The van der Waals surface area contributed by atoms with E-state index in [0.717, 1.165) is 22.6 Å². The summed E-state index contributed by atoms with van der Waals surface area (Å²) in [5.74, 6) is -0.254. The maximum Gasteiger partial charge on any atom is 0.262 e. The summed E-state index contributed by atoms with van der Waals surface area (Å²) in [7, 11) is 0. The number of rotatable bonds is 7. The molecule has 2 amide bonds. The van der Waals surface area contributed by atoms with Crippen LogP contribution in [0.25, 0.3) is 0 Å². The molecule has 2 heterocycles. The Morgan fingerprint density at radius 2 is 1.81 bits per heavy atom.